The summed E-state index contributed by atoms with van der Waals surface area (Å²) in [4.78, 5) is 46.0. The molecule has 0 aliphatic carbocycles. The largest absolute Gasteiger partial charge is 0.481 e. The van der Waals surface area contributed by atoms with E-state index in [-0.39, 0.29) is 18.2 Å². The molecule has 190 valence electrons. The molecule has 0 bridgehead atoms. The number of carboxylic acid groups (broad SMARTS) is 3. The molecule has 0 spiro atoms. The third kappa shape index (κ3) is 10.3. The Morgan fingerprint density at radius 1 is 1.03 bits per heavy atom. The number of carbonyl (C=O) groups excluding carboxylic acids is 1. The summed E-state index contributed by atoms with van der Waals surface area (Å²) in [6, 6.07) is 9.47. The molecule has 1 amide bonds. The average molecular weight is 496 g/mol. The molecule has 0 saturated carbocycles. The lowest BCUT2D eigenvalue weighted by Gasteiger charge is -2.18. The molecule has 0 aliphatic heterocycles. The summed E-state index contributed by atoms with van der Waals surface area (Å²) in [7, 11) is 0. The average Bonchev–Trinajstić information content (AvgIpc) is 2.74. The number of hydrogen-bond acceptors (Lipinski definition) is 9. The number of carboxylic acids is 3. The molecule has 8 N–H and O–H groups in total. The minimum absolute atomic E-state index is 0.178. The second-order valence-electron chi connectivity index (χ2n) is 6.93. The maximum atomic E-state index is 12.8. The normalized spacial score (nSPS) is 10.4. The van der Waals surface area contributed by atoms with Crippen LogP contribution in [0.25, 0.3) is 0 Å². The van der Waals surface area contributed by atoms with E-state index in [0.717, 1.165) is 5.56 Å². The summed E-state index contributed by atoms with van der Waals surface area (Å²) in [5, 5.41) is 39.4. The van der Waals surface area contributed by atoms with Crippen LogP contribution < -0.4 is 16.4 Å². The van der Waals surface area contributed by atoms with Gasteiger partial charge in [-0.1, -0.05) is 12.1 Å². The molecule has 2 aromatic rings. The monoisotopic (exact) mass is 496 g/mol. The van der Waals surface area contributed by atoms with E-state index in [4.69, 9.17) is 30.9 Å². The molecule has 1 aromatic heterocycles. The van der Waals surface area contributed by atoms with Crippen LogP contribution in [-0.2, 0) is 25.7 Å². The molecular formula is C21H25FN4O9. The van der Waals surface area contributed by atoms with Gasteiger partial charge in [0.1, 0.15) is 17.5 Å². The number of nitrogen functional groups attached to an aromatic ring is 1. The fourth-order valence-corrected chi connectivity index (χ4v) is 2.47. The second kappa shape index (κ2) is 13.3. The quantitative estimate of drug-likeness (QED) is 0.250. The number of nitrogens with one attached hydrogen (secondary N) is 2. The van der Waals surface area contributed by atoms with E-state index < -0.39 is 42.4 Å². The van der Waals surface area contributed by atoms with Crippen LogP contribution in [0.4, 0.5) is 26.5 Å². The van der Waals surface area contributed by atoms with Crippen molar-refractivity contribution in [3.63, 3.8) is 0 Å². The number of hydrogen-bond donors (Lipinski definition) is 7. The van der Waals surface area contributed by atoms with Gasteiger partial charge in [-0.25, -0.2) is 19.0 Å². The lowest BCUT2D eigenvalue weighted by molar-refractivity contribution is -0.170. The molecule has 14 heteroatoms. The minimum atomic E-state index is -2.74. The van der Waals surface area contributed by atoms with Crippen molar-refractivity contribution in [2.24, 2.45) is 0 Å². The number of ether oxygens (including phenoxy) is 1. The number of nitrogens with zero attached hydrogens (tertiary/aromatic N) is 1. The Labute approximate surface area is 198 Å². The highest BCUT2D eigenvalue weighted by molar-refractivity contribution is 5.88. The Hall–Kier alpha value is -4.46. The highest BCUT2D eigenvalue weighted by Crippen LogP contribution is 2.19. The van der Waals surface area contributed by atoms with Gasteiger partial charge in [-0.15, -0.1) is 0 Å². The summed E-state index contributed by atoms with van der Waals surface area (Å²) in [5.41, 5.74) is 4.34. The number of benzene rings is 1. The molecule has 0 saturated heterocycles. The Morgan fingerprint density at radius 3 is 2.06 bits per heavy atom. The smallest absolute Gasteiger partial charge is 0.411 e. The molecule has 0 fully saturated rings. The second-order valence-corrected chi connectivity index (χ2v) is 6.93. The molecule has 0 aliphatic rings. The van der Waals surface area contributed by atoms with Crippen LogP contribution in [0, 0.1) is 5.82 Å². The zero-order chi connectivity index (χ0) is 26.6. The summed E-state index contributed by atoms with van der Waals surface area (Å²) >= 11 is 0. The number of amides is 1. The highest BCUT2D eigenvalue weighted by Gasteiger charge is 2.40. The van der Waals surface area contributed by atoms with Crippen LogP contribution in [0.1, 0.15) is 25.3 Å². The van der Waals surface area contributed by atoms with Gasteiger partial charge in [-0.2, -0.15) is 0 Å². The molecular weight excluding hydrogens is 471 g/mol. The zero-order valence-electron chi connectivity index (χ0n) is 18.5. The number of anilines is 3. The van der Waals surface area contributed by atoms with Gasteiger partial charge in [0.15, 0.2) is 5.60 Å². The number of aliphatic carboxylic acids is 3. The van der Waals surface area contributed by atoms with Gasteiger partial charge in [0, 0.05) is 6.54 Å². The van der Waals surface area contributed by atoms with Crippen molar-refractivity contribution in [1.29, 1.82) is 0 Å². The van der Waals surface area contributed by atoms with E-state index >= 15 is 0 Å². The van der Waals surface area contributed by atoms with Crippen molar-refractivity contribution in [2.75, 3.05) is 23.0 Å². The maximum absolute atomic E-state index is 12.8. The van der Waals surface area contributed by atoms with Crippen molar-refractivity contribution in [3.8, 4) is 0 Å². The lowest BCUT2D eigenvalue weighted by Crippen LogP contribution is -2.42. The minimum Gasteiger partial charge on any atom is -0.481 e. The highest BCUT2D eigenvalue weighted by atomic mass is 19.1. The fraction of sp³-hybridized carbons (Fsp3) is 0.286. The topological polar surface area (TPSA) is 221 Å². The van der Waals surface area contributed by atoms with Crippen LogP contribution in [-0.4, -0.2) is 61.6 Å². The summed E-state index contributed by atoms with van der Waals surface area (Å²) in [5.74, 6) is -4.57. The number of carbonyl (C=O) groups is 4. The standard InChI is InChI=1S/C15H17FN4O2.C6H8O7/c1-2-22-15(21)19-12-7-8-13(20-14(12)17)18-9-10-3-5-11(16)6-4-10;7-3(8)1-6(13,5(11)12)2-4(9)10/h3-8H,2,9H2,1H3,(H,19,21)(H3,17,18,20);13H,1-2H2,(H,7,8)(H,9,10)(H,11,12). The molecule has 2 rings (SSSR count). The van der Waals surface area contributed by atoms with Crippen LogP contribution in [0.15, 0.2) is 36.4 Å². The van der Waals surface area contributed by atoms with E-state index in [1.165, 1.54) is 12.1 Å². The first-order valence-corrected chi connectivity index (χ1v) is 9.94. The molecule has 0 atom stereocenters. The first-order valence-electron chi connectivity index (χ1n) is 9.94. The molecule has 0 radical (unpaired) electrons. The van der Waals surface area contributed by atoms with Crippen molar-refractivity contribution in [1.82, 2.24) is 4.98 Å². The summed E-state index contributed by atoms with van der Waals surface area (Å²) in [6.45, 7) is 2.47. The first kappa shape index (κ1) is 28.6. The third-order valence-corrected chi connectivity index (χ3v) is 4.11. The fourth-order valence-electron chi connectivity index (χ4n) is 2.47. The van der Waals surface area contributed by atoms with E-state index in [2.05, 4.69) is 15.6 Å². The van der Waals surface area contributed by atoms with E-state index in [1.54, 1.807) is 31.2 Å². The van der Waals surface area contributed by atoms with Gasteiger partial charge in [-0.05, 0) is 36.8 Å². The van der Waals surface area contributed by atoms with Crippen molar-refractivity contribution < 1.29 is 48.7 Å². The van der Waals surface area contributed by atoms with Crippen LogP contribution in [0.5, 0.6) is 0 Å². The summed E-state index contributed by atoms with van der Waals surface area (Å²) in [6.07, 6.45) is -2.87. The Kier molecular flexibility index (Phi) is 10.9. The lowest BCUT2D eigenvalue weighted by atomic mass is 9.96. The van der Waals surface area contributed by atoms with Crippen molar-refractivity contribution >= 4 is 41.3 Å². The van der Waals surface area contributed by atoms with Gasteiger partial charge >= 0.3 is 24.0 Å². The van der Waals surface area contributed by atoms with Crippen LogP contribution in [0.2, 0.25) is 0 Å². The predicted molar refractivity (Wildman–Crippen MR) is 120 cm³/mol. The number of nitrogens with two attached hydrogens (primary N) is 1. The number of rotatable bonds is 10. The molecule has 13 nitrogen and oxygen atoms in total. The van der Waals surface area contributed by atoms with E-state index in [0.29, 0.717) is 18.1 Å². The van der Waals surface area contributed by atoms with Gasteiger partial charge in [0.25, 0.3) is 0 Å². The van der Waals surface area contributed by atoms with Gasteiger partial charge in [0.2, 0.25) is 0 Å². The Balaban J connectivity index is 0.000000405. The van der Waals surface area contributed by atoms with Gasteiger partial charge < -0.3 is 36.2 Å². The molecule has 1 heterocycles. The molecule has 1 aromatic carbocycles. The van der Waals surface area contributed by atoms with Gasteiger partial charge in [0.05, 0.1) is 25.1 Å². The Bertz CT molecular complexity index is 1030. The summed E-state index contributed by atoms with van der Waals surface area (Å²) < 4.78 is 17.6. The third-order valence-electron chi connectivity index (χ3n) is 4.11. The number of halogens is 1. The van der Waals surface area contributed by atoms with E-state index in [1.807, 2.05) is 0 Å². The van der Waals surface area contributed by atoms with Crippen molar-refractivity contribution in [3.05, 3.63) is 47.8 Å². The molecule has 35 heavy (non-hydrogen) atoms. The Morgan fingerprint density at radius 2 is 1.60 bits per heavy atom. The number of aromatic nitrogens is 1. The number of aliphatic hydroxyl groups is 1. The van der Waals surface area contributed by atoms with Crippen molar-refractivity contribution in [2.45, 2.75) is 31.9 Å². The van der Waals surface area contributed by atoms with Gasteiger partial charge in [-0.3, -0.25) is 14.9 Å². The molecule has 0 unspecified atom stereocenters. The van der Waals surface area contributed by atoms with Crippen LogP contribution in [0.3, 0.4) is 0 Å². The maximum Gasteiger partial charge on any atom is 0.411 e. The number of pyridine rings is 1. The van der Waals surface area contributed by atoms with Crippen LogP contribution >= 0.6 is 0 Å². The predicted octanol–water partition coefficient (Wildman–Crippen LogP) is 1.73. The zero-order valence-corrected chi connectivity index (χ0v) is 18.5. The van der Waals surface area contributed by atoms with E-state index in [9.17, 15) is 23.6 Å². The first-order chi connectivity index (χ1) is 16.4. The SMILES string of the molecule is CCOC(=O)Nc1ccc(NCc2ccc(F)cc2)nc1N.O=C(O)CC(O)(CC(=O)O)C(=O)O.